The fourth-order valence-corrected chi connectivity index (χ4v) is 2.07. The second kappa shape index (κ2) is 4.31. The Bertz CT molecular complexity index is 725. The zero-order valence-electron chi connectivity index (χ0n) is 9.47. The Kier molecular flexibility index (Phi) is 2.65. The van der Waals surface area contributed by atoms with Crippen molar-refractivity contribution in [3.63, 3.8) is 0 Å². The number of aromatic hydroxyl groups is 1. The fourth-order valence-electron chi connectivity index (χ4n) is 1.89. The van der Waals surface area contributed by atoms with Crippen molar-refractivity contribution < 1.29 is 5.11 Å². The third kappa shape index (κ3) is 1.91. The number of para-hydroxylation sites is 1. The average Bonchev–Trinajstić information content (AvgIpc) is 2.41. The molecule has 1 N–H and O–H groups in total. The molecule has 3 rings (SSSR count). The molecule has 0 atom stereocenters. The van der Waals surface area contributed by atoms with E-state index >= 15 is 0 Å². The van der Waals surface area contributed by atoms with Crippen LogP contribution in [0, 0.1) is 0 Å². The predicted octanol–water partition coefficient (Wildman–Crippen LogP) is 4.26. The number of hydrogen-bond acceptors (Lipinski definition) is 2. The van der Waals surface area contributed by atoms with Crippen LogP contribution in [-0.4, -0.2) is 10.1 Å². The molecule has 0 amide bonds. The van der Waals surface area contributed by atoms with Crippen LogP contribution in [0.4, 0.5) is 0 Å². The summed E-state index contributed by atoms with van der Waals surface area (Å²) in [4.78, 5) is 4.58. The summed E-state index contributed by atoms with van der Waals surface area (Å²) in [6.07, 6.45) is 0. The van der Waals surface area contributed by atoms with Gasteiger partial charge in [-0.15, -0.1) is 0 Å². The Morgan fingerprint density at radius 1 is 0.944 bits per heavy atom. The first-order valence-electron chi connectivity index (χ1n) is 5.59. The van der Waals surface area contributed by atoms with E-state index in [0.29, 0.717) is 5.02 Å². The fraction of sp³-hybridized carbons (Fsp3) is 0. The smallest absolute Gasteiger partial charge is 0.134 e. The molecule has 2 nitrogen and oxygen atoms in total. The van der Waals surface area contributed by atoms with Gasteiger partial charge < -0.3 is 5.11 Å². The zero-order chi connectivity index (χ0) is 12.5. The molecule has 3 heteroatoms. The van der Waals surface area contributed by atoms with Gasteiger partial charge in [0.05, 0.1) is 16.2 Å². The largest absolute Gasteiger partial charge is 0.506 e. The molecule has 0 aliphatic carbocycles. The highest BCUT2D eigenvalue weighted by Crippen LogP contribution is 2.29. The van der Waals surface area contributed by atoms with E-state index in [-0.39, 0.29) is 5.75 Å². The quantitative estimate of drug-likeness (QED) is 0.705. The molecule has 1 aromatic heterocycles. The van der Waals surface area contributed by atoms with Crippen LogP contribution in [0.5, 0.6) is 5.75 Å². The number of aromatic nitrogens is 1. The van der Waals surface area contributed by atoms with Crippen molar-refractivity contribution in [2.75, 3.05) is 0 Å². The minimum atomic E-state index is 0.0844. The molecule has 88 valence electrons. The number of phenols is 1. The molecule has 1 heterocycles. The Morgan fingerprint density at radius 3 is 2.61 bits per heavy atom. The topological polar surface area (TPSA) is 33.1 Å². The lowest BCUT2D eigenvalue weighted by atomic mass is 10.1. The molecule has 0 unspecified atom stereocenters. The van der Waals surface area contributed by atoms with Crippen LogP contribution in [0.25, 0.3) is 22.2 Å². The minimum absolute atomic E-state index is 0.0844. The molecule has 18 heavy (non-hydrogen) atoms. The summed E-state index contributed by atoms with van der Waals surface area (Å²) < 4.78 is 0. The summed E-state index contributed by atoms with van der Waals surface area (Å²) in [5.41, 5.74) is 2.68. The third-order valence-electron chi connectivity index (χ3n) is 2.84. The standard InChI is InChI=1S/C15H10ClNO/c16-12-9-11(6-8-15(12)18)14-7-5-10-3-1-2-4-13(10)17-14/h1-9,18H. The molecular formula is C15H10ClNO. The Morgan fingerprint density at radius 2 is 1.78 bits per heavy atom. The van der Waals surface area contributed by atoms with Crippen molar-refractivity contribution >= 4 is 22.5 Å². The van der Waals surface area contributed by atoms with Gasteiger partial charge in [-0.2, -0.15) is 0 Å². The molecule has 0 fully saturated rings. The summed E-state index contributed by atoms with van der Waals surface area (Å²) in [5, 5.41) is 10.8. The third-order valence-corrected chi connectivity index (χ3v) is 3.14. The summed E-state index contributed by atoms with van der Waals surface area (Å²) >= 11 is 5.90. The van der Waals surface area contributed by atoms with Crippen molar-refractivity contribution in [2.45, 2.75) is 0 Å². The maximum Gasteiger partial charge on any atom is 0.134 e. The highest BCUT2D eigenvalue weighted by Gasteiger charge is 2.04. The van der Waals surface area contributed by atoms with Gasteiger partial charge in [-0.1, -0.05) is 35.9 Å². The summed E-state index contributed by atoms with van der Waals surface area (Å²) in [6, 6.07) is 17.0. The average molecular weight is 256 g/mol. The van der Waals surface area contributed by atoms with Gasteiger partial charge in [0.1, 0.15) is 5.75 Å². The van der Waals surface area contributed by atoms with Gasteiger partial charge in [-0.05, 0) is 30.3 Å². The maximum absolute atomic E-state index is 9.41. The number of halogens is 1. The number of pyridine rings is 1. The lowest BCUT2D eigenvalue weighted by Gasteiger charge is -2.04. The molecule has 3 aromatic rings. The zero-order valence-corrected chi connectivity index (χ0v) is 10.2. The number of hydrogen-bond donors (Lipinski definition) is 1. The molecular weight excluding hydrogens is 246 g/mol. The highest BCUT2D eigenvalue weighted by atomic mass is 35.5. The van der Waals surface area contributed by atoms with Gasteiger partial charge in [-0.3, -0.25) is 0 Å². The second-order valence-corrected chi connectivity index (χ2v) is 4.46. The van der Waals surface area contributed by atoms with E-state index in [1.807, 2.05) is 36.4 Å². The van der Waals surface area contributed by atoms with Crippen molar-refractivity contribution in [3.05, 3.63) is 59.6 Å². The van der Waals surface area contributed by atoms with E-state index < -0.39 is 0 Å². The molecule has 0 saturated carbocycles. The normalized spacial score (nSPS) is 10.7. The van der Waals surface area contributed by atoms with E-state index in [1.54, 1.807) is 18.2 Å². The maximum atomic E-state index is 9.41. The van der Waals surface area contributed by atoms with E-state index in [1.165, 1.54) is 0 Å². The van der Waals surface area contributed by atoms with Crippen molar-refractivity contribution in [1.29, 1.82) is 0 Å². The van der Waals surface area contributed by atoms with E-state index in [9.17, 15) is 5.11 Å². The number of phenolic OH excluding ortho intramolecular Hbond substituents is 1. The first-order valence-corrected chi connectivity index (χ1v) is 5.96. The number of rotatable bonds is 1. The van der Waals surface area contributed by atoms with Gasteiger partial charge >= 0.3 is 0 Å². The Hall–Kier alpha value is -2.06. The monoisotopic (exact) mass is 255 g/mol. The SMILES string of the molecule is Oc1ccc(-c2ccc3ccccc3n2)cc1Cl. The van der Waals surface area contributed by atoms with Crippen LogP contribution in [0.15, 0.2) is 54.6 Å². The first kappa shape index (κ1) is 11.1. The van der Waals surface area contributed by atoms with Crippen LogP contribution in [0.1, 0.15) is 0 Å². The van der Waals surface area contributed by atoms with Crippen LogP contribution in [0.2, 0.25) is 5.02 Å². The van der Waals surface area contributed by atoms with Gasteiger partial charge in [0.15, 0.2) is 0 Å². The molecule has 0 aliphatic rings. The number of fused-ring (bicyclic) bond motifs is 1. The van der Waals surface area contributed by atoms with Gasteiger partial charge in [0, 0.05) is 10.9 Å². The van der Waals surface area contributed by atoms with Crippen LogP contribution < -0.4 is 0 Å². The van der Waals surface area contributed by atoms with E-state index in [0.717, 1.165) is 22.2 Å². The lowest BCUT2D eigenvalue weighted by molar-refractivity contribution is 0.475. The molecule has 2 aromatic carbocycles. The van der Waals surface area contributed by atoms with Gasteiger partial charge in [-0.25, -0.2) is 4.98 Å². The highest BCUT2D eigenvalue weighted by molar-refractivity contribution is 6.32. The summed E-state index contributed by atoms with van der Waals surface area (Å²) in [5.74, 6) is 0.0844. The second-order valence-electron chi connectivity index (χ2n) is 4.06. The molecule has 0 aliphatic heterocycles. The van der Waals surface area contributed by atoms with Crippen molar-refractivity contribution in [1.82, 2.24) is 4.98 Å². The summed E-state index contributed by atoms with van der Waals surface area (Å²) in [7, 11) is 0. The van der Waals surface area contributed by atoms with Crippen molar-refractivity contribution in [2.24, 2.45) is 0 Å². The Balaban J connectivity index is 2.16. The molecule has 0 saturated heterocycles. The van der Waals surface area contributed by atoms with E-state index in [4.69, 9.17) is 11.6 Å². The molecule has 0 spiro atoms. The Labute approximate surface area is 109 Å². The minimum Gasteiger partial charge on any atom is -0.506 e. The number of nitrogens with zero attached hydrogens (tertiary/aromatic N) is 1. The van der Waals surface area contributed by atoms with Gasteiger partial charge in [0.25, 0.3) is 0 Å². The van der Waals surface area contributed by atoms with Gasteiger partial charge in [0.2, 0.25) is 0 Å². The predicted molar refractivity (Wildman–Crippen MR) is 73.9 cm³/mol. The molecule has 0 bridgehead atoms. The lowest BCUT2D eigenvalue weighted by Crippen LogP contribution is -1.85. The summed E-state index contributed by atoms with van der Waals surface area (Å²) in [6.45, 7) is 0. The van der Waals surface area contributed by atoms with Crippen LogP contribution in [-0.2, 0) is 0 Å². The number of benzene rings is 2. The van der Waals surface area contributed by atoms with E-state index in [2.05, 4.69) is 4.98 Å². The van der Waals surface area contributed by atoms with Crippen molar-refractivity contribution in [3.8, 4) is 17.0 Å². The van der Waals surface area contributed by atoms with Crippen LogP contribution >= 0.6 is 11.6 Å². The van der Waals surface area contributed by atoms with Crippen LogP contribution in [0.3, 0.4) is 0 Å². The first-order chi connectivity index (χ1) is 8.74. The molecule has 0 radical (unpaired) electrons.